The van der Waals surface area contributed by atoms with Gasteiger partial charge in [0.2, 0.25) is 0 Å². The molecule has 0 radical (unpaired) electrons. The average Bonchev–Trinajstić information content (AvgIpc) is 2.71. The molecule has 2 bridgehead atoms. The third-order valence-electron chi connectivity index (χ3n) is 5.43. The number of rotatable bonds is 2. The molecule has 3 atom stereocenters. The second kappa shape index (κ2) is 5.46. The number of nitrogens with zero attached hydrogens (tertiary/aromatic N) is 2. The van der Waals surface area contributed by atoms with Crippen LogP contribution in [-0.4, -0.2) is 47.3 Å². The zero-order valence-electron chi connectivity index (χ0n) is 13.2. The van der Waals surface area contributed by atoms with Crippen molar-refractivity contribution in [1.82, 2.24) is 9.80 Å². The predicted molar refractivity (Wildman–Crippen MR) is 90.4 cm³/mol. The average molecular weight is 317 g/mol. The smallest absolute Gasteiger partial charge is 0.321 e. The van der Waals surface area contributed by atoms with E-state index >= 15 is 0 Å². The lowest BCUT2D eigenvalue weighted by molar-refractivity contribution is 0.183. The monoisotopic (exact) mass is 317 g/mol. The van der Waals surface area contributed by atoms with Gasteiger partial charge in [0.05, 0.1) is 0 Å². The summed E-state index contributed by atoms with van der Waals surface area (Å²) in [6, 6.07) is 8.05. The van der Waals surface area contributed by atoms with E-state index in [4.69, 9.17) is 0 Å². The number of anilines is 1. The summed E-state index contributed by atoms with van der Waals surface area (Å²) in [5.74, 6) is 0. The highest BCUT2D eigenvalue weighted by atomic mass is 32.2. The summed E-state index contributed by atoms with van der Waals surface area (Å²) in [6.07, 6.45) is 5.37. The molecule has 3 aliphatic heterocycles. The van der Waals surface area contributed by atoms with E-state index in [2.05, 4.69) is 35.5 Å². The minimum atomic E-state index is -0.0141. The molecule has 22 heavy (non-hydrogen) atoms. The number of hydrogen-bond donors (Lipinski definition) is 1. The van der Waals surface area contributed by atoms with Crippen LogP contribution in [0.5, 0.6) is 0 Å². The van der Waals surface area contributed by atoms with Crippen molar-refractivity contribution in [3.05, 3.63) is 23.8 Å². The molecular formula is C17H23N3OS. The Hall–Kier alpha value is -1.20. The van der Waals surface area contributed by atoms with Gasteiger partial charge in [0.15, 0.2) is 0 Å². The Kier molecular flexibility index (Phi) is 3.57. The molecule has 1 N–H and O–H groups in total. The van der Waals surface area contributed by atoms with Gasteiger partial charge in [0.1, 0.15) is 0 Å². The minimum absolute atomic E-state index is 0.0141. The molecule has 0 spiro atoms. The maximum Gasteiger partial charge on any atom is 0.321 e. The van der Waals surface area contributed by atoms with Crippen LogP contribution in [-0.2, 0) is 6.54 Å². The van der Waals surface area contributed by atoms with E-state index in [9.17, 15) is 4.79 Å². The van der Waals surface area contributed by atoms with E-state index in [0.717, 1.165) is 23.0 Å². The number of amides is 2. The molecule has 1 aromatic rings. The predicted octanol–water partition coefficient (Wildman–Crippen LogP) is 3.38. The fraction of sp³-hybridized carbons (Fsp3) is 0.588. The Labute approximate surface area is 136 Å². The Balaban J connectivity index is 1.48. The highest BCUT2D eigenvalue weighted by Gasteiger charge is 2.38. The molecule has 0 saturated carbocycles. The maximum absolute atomic E-state index is 11.7. The third-order valence-corrected chi connectivity index (χ3v) is 6.67. The largest absolute Gasteiger partial charge is 0.323 e. The van der Waals surface area contributed by atoms with Gasteiger partial charge >= 0.3 is 6.03 Å². The first kappa shape index (κ1) is 14.4. The van der Waals surface area contributed by atoms with Crippen LogP contribution in [0.4, 0.5) is 10.5 Å². The SMILES string of the molecule is CN1Cc2cc(S[C@@H]3C[C@H]4CC[C@@H](C3)N4C)ccc2NC1=O. The van der Waals surface area contributed by atoms with Gasteiger partial charge in [-0.15, -0.1) is 11.8 Å². The van der Waals surface area contributed by atoms with E-state index in [1.165, 1.54) is 36.1 Å². The molecule has 3 aliphatic rings. The molecule has 3 heterocycles. The fourth-order valence-corrected chi connectivity index (χ4v) is 5.46. The van der Waals surface area contributed by atoms with Crippen LogP contribution in [0.2, 0.25) is 0 Å². The van der Waals surface area contributed by atoms with Crippen LogP contribution in [0.3, 0.4) is 0 Å². The summed E-state index contributed by atoms with van der Waals surface area (Å²) in [4.78, 5) is 17.3. The molecule has 2 saturated heterocycles. The van der Waals surface area contributed by atoms with Gasteiger partial charge in [0, 0.05) is 41.5 Å². The molecule has 4 nitrogen and oxygen atoms in total. The third kappa shape index (κ3) is 2.50. The molecule has 5 heteroatoms. The summed E-state index contributed by atoms with van der Waals surface area (Å²) in [7, 11) is 4.13. The molecule has 0 aliphatic carbocycles. The molecular weight excluding hydrogens is 294 g/mol. The highest BCUT2D eigenvalue weighted by molar-refractivity contribution is 8.00. The Bertz CT molecular complexity index is 592. The van der Waals surface area contributed by atoms with Gasteiger partial charge in [-0.25, -0.2) is 4.79 Å². The highest BCUT2D eigenvalue weighted by Crippen LogP contribution is 2.42. The summed E-state index contributed by atoms with van der Waals surface area (Å²) in [6.45, 7) is 0.703. The quantitative estimate of drug-likeness (QED) is 0.908. The standard InChI is InChI=1S/C17H23N3OS/c1-19-10-11-7-14(5-6-16(11)18-17(19)21)22-15-8-12-3-4-13(9-15)20(12)2/h5-7,12-13,15H,3-4,8-10H2,1-2H3,(H,18,21)/t12-,13+,15-. The van der Waals surface area contributed by atoms with Gasteiger partial charge < -0.3 is 15.1 Å². The number of urea groups is 1. The number of piperidine rings is 1. The van der Waals surface area contributed by atoms with E-state index < -0.39 is 0 Å². The normalized spacial score (nSPS) is 31.1. The van der Waals surface area contributed by atoms with E-state index in [0.29, 0.717) is 6.54 Å². The molecule has 2 fully saturated rings. The van der Waals surface area contributed by atoms with Crippen LogP contribution in [0.1, 0.15) is 31.2 Å². The lowest BCUT2D eigenvalue weighted by atomic mass is 10.0. The van der Waals surface area contributed by atoms with Crippen molar-refractivity contribution in [2.45, 2.75) is 54.5 Å². The van der Waals surface area contributed by atoms with Crippen LogP contribution < -0.4 is 5.32 Å². The van der Waals surface area contributed by atoms with E-state index in [-0.39, 0.29) is 6.03 Å². The zero-order chi connectivity index (χ0) is 15.3. The summed E-state index contributed by atoms with van der Waals surface area (Å²) in [5, 5.41) is 3.68. The summed E-state index contributed by atoms with van der Waals surface area (Å²) < 4.78 is 0. The lowest BCUT2D eigenvalue weighted by Gasteiger charge is -2.36. The Morgan fingerprint density at radius 3 is 2.64 bits per heavy atom. The zero-order valence-corrected chi connectivity index (χ0v) is 14.0. The molecule has 2 amide bonds. The Morgan fingerprint density at radius 2 is 1.91 bits per heavy atom. The van der Waals surface area contributed by atoms with Gasteiger partial charge in [-0.3, -0.25) is 0 Å². The first-order chi connectivity index (χ1) is 10.6. The molecule has 118 valence electrons. The fourth-order valence-electron chi connectivity index (χ4n) is 4.08. The van der Waals surface area contributed by atoms with Crippen molar-refractivity contribution in [2.75, 3.05) is 19.4 Å². The van der Waals surface area contributed by atoms with Gasteiger partial charge in [-0.2, -0.15) is 0 Å². The number of hydrogen-bond acceptors (Lipinski definition) is 3. The van der Waals surface area contributed by atoms with E-state index in [1.54, 1.807) is 4.90 Å². The Morgan fingerprint density at radius 1 is 1.18 bits per heavy atom. The lowest BCUT2D eigenvalue weighted by Crippen LogP contribution is -2.40. The van der Waals surface area contributed by atoms with Crippen molar-refractivity contribution in [3.63, 3.8) is 0 Å². The second-order valence-corrected chi connectivity index (χ2v) is 8.24. The van der Waals surface area contributed by atoms with Crippen LogP contribution >= 0.6 is 11.8 Å². The maximum atomic E-state index is 11.7. The first-order valence-corrected chi connectivity index (χ1v) is 9.02. The van der Waals surface area contributed by atoms with Crippen molar-refractivity contribution < 1.29 is 4.79 Å². The van der Waals surface area contributed by atoms with Crippen molar-refractivity contribution in [1.29, 1.82) is 0 Å². The van der Waals surface area contributed by atoms with Gasteiger partial charge in [-0.05, 0) is 56.5 Å². The molecule has 4 rings (SSSR count). The first-order valence-electron chi connectivity index (χ1n) is 8.14. The van der Waals surface area contributed by atoms with Crippen LogP contribution in [0, 0.1) is 0 Å². The van der Waals surface area contributed by atoms with Crippen molar-refractivity contribution in [3.8, 4) is 0 Å². The van der Waals surface area contributed by atoms with Crippen molar-refractivity contribution in [2.24, 2.45) is 0 Å². The number of thioether (sulfide) groups is 1. The number of carbonyl (C=O) groups is 1. The number of nitrogens with one attached hydrogen (secondary N) is 1. The second-order valence-electron chi connectivity index (χ2n) is 6.87. The van der Waals surface area contributed by atoms with Crippen LogP contribution in [0.15, 0.2) is 23.1 Å². The van der Waals surface area contributed by atoms with Gasteiger partial charge in [-0.1, -0.05) is 0 Å². The molecule has 0 unspecified atom stereocenters. The van der Waals surface area contributed by atoms with Gasteiger partial charge in [0.25, 0.3) is 0 Å². The topological polar surface area (TPSA) is 35.6 Å². The number of benzene rings is 1. The minimum Gasteiger partial charge on any atom is -0.323 e. The summed E-state index contributed by atoms with van der Waals surface area (Å²) in [5.41, 5.74) is 2.19. The molecule has 0 aromatic heterocycles. The number of carbonyl (C=O) groups excluding carboxylic acids is 1. The molecule has 1 aromatic carbocycles. The summed E-state index contributed by atoms with van der Waals surface area (Å²) >= 11 is 2.03. The van der Waals surface area contributed by atoms with Crippen LogP contribution in [0.25, 0.3) is 0 Å². The van der Waals surface area contributed by atoms with E-state index in [1.807, 2.05) is 18.8 Å². The number of fused-ring (bicyclic) bond motifs is 3. The van der Waals surface area contributed by atoms with Crippen molar-refractivity contribution >= 4 is 23.5 Å².